The van der Waals surface area contributed by atoms with Gasteiger partial charge in [-0.3, -0.25) is 4.79 Å². The Hall–Kier alpha value is -2.44. The Labute approximate surface area is 140 Å². The van der Waals surface area contributed by atoms with Crippen molar-refractivity contribution in [3.63, 3.8) is 0 Å². The van der Waals surface area contributed by atoms with E-state index in [0.29, 0.717) is 10.2 Å². The predicted octanol–water partition coefficient (Wildman–Crippen LogP) is 3.78. The molecule has 0 aliphatic heterocycles. The summed E-state index contributed by atoms with van der Waals surface area (Å²) in [6.07, 6.45) is 3.96. The lowest BCUT2D eigenvalue weighted by atomic mass is 10.3. The van der Waals surface area contributed by atoms with E-state index in [1.54, 1.807) is 6.07 Å². The molecule has 0 atom stereocenters. The summed E-state index contributed by atoms with van der Waals surface area (Å²) in [5, 5.41) is 4.04. The summed E-state index contributed by atoms with van der Waals surface area (Å²) in [4.78, 5) is 21.0. The molecule has 3 aromatic heterocycles. The number of carbonyl (C=O) groups is 1. The standard InChI is InChI=1S/C16H11ClN4OS/c17-10-4-5-12-13(7-10)23-16(19-12)20-15(22)8-11-9-21-6-2-1-3-14(21)18-11/h1-7,9H,8H2,(H,19,20,22). The van der Waals surface area contributed by atoms with Gasteiger partial charge in [-0.2, -0.15) is 0 Å². The van der Waals surface area contributed by atoms with E-state index in [2.05, 4.69) is 15.3 Å². The van der Waals surface area contributed by atoms with Crippen LogP contribution in [-0.4, -0.2) is 20.3 Å². The number of carbonyl (C=O) groups excluding carboxylic acids is 1. The number of hydrogen-bond donors (Lipinski definition) is 1. The Kier molecular flexibility index (Phi) is 3.48. The first kappa shape index (κ1) is 14.2. The molecule has 0 aliphatic rings. The van der Waals surface area contributed by atoms with Crippen LogP contribution in [-0.2, 0) is 11.2 Å². The van der Waals surface area contributed by atoms with Crippen molar-refractivity contribution in [2.45, 2.75) is 6.42 Å². The number of nitrogens with zero attached hydrogens (tertiary/aromatic N) is 3. The van der Waals surface area contributed by atoms with Gasteiger partial charge in [0.05, 0.1) is 22.3 Å². The maximum atomic E-state index is 12.2. The number of halogens is 1. The van der Waals surface area contributed by atoms with Crippen LogP contribution in [0.5, 0.6) is 0 Å². The molecule has 5 nitrogen and oxygen atoms in total. The van der Waals surface area contributed by atoms with Crippen molar-refractivity contribution in [3.8, 4) is 0 Å². The van der Waals surface area contributed by atoms with Crippen molar-refractivity contribution in [3.05, 3.63) is 59.5 Å². The lowest BCUT2D eigenvalue weighted by Crippen LogP contribution is -2.14. The summed E-state index contributed by atoms with van der Waals surface area (Å²) in [5.74, 6) is -0.140. The summed E-state index contributed by atoms with van der Waals surface area (Å²) >= 11 is 7.36. The molecule has 4 rings (SSSR count). The summed E-state index contributed by atoms with van der Waals surface area (Å²) in [6, 6.07) is 11.2. The van der Waals surface area contributed by atoms with Gasteiger partial charge in [0.25, 0.3) is 0 Å². The van der Waals surface area contributed by atoms with Crippen LogP contribution in [0.3, 0.4) is 0 Å². The van der Waals surface area contributed by atoms with Gasteiger partial charge in [0, 0.05) is 17.4 Å². The molecule has 0 saturated carbocycles. The van der Waals surface area contributed by atoms with E-state index in [9.17, 15) is 4.79 Å². The zero-order valence-corrected chi connectivity index (χ0v) is 13.4. The minimum Gasteiger partial charge on any atom is -0.307 e. The minimum atomic E-state index is -0.140. The second-order valence-electron chi connectivity index (χ2n) is 5.05. The predicted molar refractivity (Wildman–Crippen MR) is 92.2 cm³/mol. The third-order valence-corrected chi connectivity index (χ3v) is 4.52. The van der Waals surface area contributed by atoms with E-state index >= 15 is 0 Å². The average molecular weight is 343 g/mol. The minimum absolute atomic E-state index is 0.140. The molecule has 7 heteroatoms. The van der Waals surface area contributed by atoms with Gasteiger partial charge in [-0.25, -0.2) is 9.97 Å². The van der Waals surface area contributed by atoms with Crippen LogP contribution in [0.15, 0.2) is 48.8 Å². The average Bonchev–Trinajstić information content (AvgIpc) is 3.08. The van der Waals surface area contributed by atoms with Gasteiger partial charge < -0.3 is 9.72 Å². The fourth-order valence-electron chi connectivity index (χ4n) is 2.35. The number of pyridine rings is 1. The molecule has 0 radical (unpaired) electrons. The van der Waals surface area contributed by atoms with Gasteiger partial charge in [0.2, 0.25) is 5.91 Å². The number of fused-ring (bicyclic) bond motifs is 2. The molecular formula is C16H11ClN4OS. The fourth-order valence-corrected chi connectivity index (χ4v) is 3.51. The largest absolute Gasteiger partial charge is 0.307 e. The van der Waals surface area contributed by atoms with E-state index in [1.165, 1.54) is 11.3 Å². The van der Waals surface area contributed by atoms with Gasteiger partial charge in [-0.15, -0.1) is 0 Å². The molecule has 114 valence electrons. The topological polar surface area (TPSA) is 59.3 Å². The number of anilines is 1. The highest BCUT2D eigenvalue weighted by Gasteiger charge is 2.11. The number of nitrogens with one attached hydrogen (secondary N) is 1. The Balaban J connectivity index is 1.52. The molecule has 0 spiro atoms. The van der Waals surface area contributed by atoms with Crippen LogP contribution in [0, 0.1) is 0 Å². The summed E-state index contributed by atoms with van der Waals surface area (Å²) in [6.45, 7) is 0. The van der Waals surface area contributed by atoms with Gasteiger partial charge in [0.15, 0.2) is 5.13 Å². The van der Waals surface area contributed by atoms with Crippen LogP contribution in [0.1, 0.15) is 5.69 Å². The van der Waals surface area contributed by atoms with Gasteiger partial charge in [-0.05, 0) is 30.3 Å². The maximum absolute atomic E-state index is 12.2. The Morgan fingerprint density at radius 3 is 3.04 bits per heavy atom. The first-order valence-corrected chi connectivity index (χ1v) is 8.15. The molecule has 0 aliphatic carbocycles. The highest BCUT2D eigenvalue weighted by Crippen LogP contribution is 2.28. The van der Waals surface area contributed by atoms with E-state index in [0.717, 1.165) is 21.6 Å². The van der Waals surface area contributed by atoms with Crippen molar-refractivity contribution in [1.82, 2.24) is 14.4 Å². The molecule has 1 N–H and O–H groups in total. The normalized spacial score (nSPS) is 11.2. The second-order valence-corrected chi connectivity index (χ2v) is 6.52. The summed E-state index contributed by atoms with van der Waals surface area (Å²) in [7, 11) is 0. The van der Waals surface area contributed by atoms with Gasteiger partial charge in [0.1, 0.15) is 5.65 Å². The molecule has 0 bridgehead atoms. The monoisotopic (exact) mass is 342 g/mol. The summed E-state index contributed by atoms with van der Waals surface area (Å²) in [5.41, 5.74) is 2.37. The number of aromatic nitrogens is 3. The lowest BCUT2D eigenvalue weighted by Gasteiger charge is -1.98. The Morgan fingerprint density at radius 1 is 1.26 bits per heavy atom. The highest BCUT2D eigenvalue weighted by molar-refractivity contribution is 7.22. The molecule has 23 heavy (non-hydrogen) atoms. The maximum Gasteiger partial charge on any atom is 0.232 e. The number of imidazole rings is 1. The SMILES string of the molecule is O=C(Cc1cn2ccccc2n1)Nc1nc2ccc(Cl)cc2s1. The van der Waals surface area contributed by atoms with E-state index in [4.69, 9.17) is 11.6 Å². The van der Waals surface area contributed by atoms with E-state index in [-0.39, 0.29) is 12.3 Å². The second kappa shape index (κ2) is 5.64. The molecule has 1 amide bonds. The zero-order chi connectivity index (χ0) is 15.8. The third kappa shape index (κ3) is 2.91. The van der Waals surface area contributed by atoms with Gasteiger partial charge >= 0.3 is 0 Å². The molecule has 3 heterocycles. The number of amides is 1. The summed E-state index contributed by atoms with van der Waals surface area (Å²) < 4.78 is 2.84. The quantitative estimate of drug-likeness (QED) is 0.616. The lowest BCUT2D eigenvalue weighted by molar-refractivity contribution is -0.115. The van der Waals surface area contributed by atoms with E-state index < -0.39 is 0 Å². The zero-order valence-electron chi connectivity index (χ0n) is 11.9. The van der Waals surface area contributed by atoms with Crippen molar-refractivity contribution < 1.29 is 4.79 Å². The Morgan fingerprint density at radius 2 is 2.17 bits per heavy atom. The van der Waals surface area contributed by atoms with Crippen LogP contribution in [0.25, 0.3) is 15.9 Å². The smallest absolute Gasteiger partial charge is 0.232 e. The van der Waals surface area contributed by atoms with Crippen molar-refractivity contribution in [2.24, 2.45) is 0 Å². The van der Waals surface area contributed by atoms with Crippen LogP contribution < -0.4 is 5.32 Å². The molecule has 0 unspecified atom stereocenters. The van der Waals surface area contributed by atoms with Crippen LogP contribution in [0.2, 0.25) is 5.02 Å². The fraction of sp³-hybridized carbons (Fsp3) is 0.0625. The molecule has 1 aromatic carbocycles. The number of benzene rings is 1. The number of thiazole rings is 1. The van der Waals surface area contributed by atoms with Crippen molar-refractivity contribution in [2.75, 3.05) is 5.32 Å². The van der Waals surface area contributed by atoms with Crippen LogP contribution >= 0.6 is 22.9 Å². The molecule has 0 saturated heterocycles. The first-order valence-electron chi connectivity index (χ1n) is 6.96. The van der Waals surface area contributed by atoms with Crippen LogP contribution in [0.4, 0.5) is 5.13 Å². The molecule has 0 fully saturated rings. The van der Waals surface area contributed by atoms with Crippen molar-refractivity contribution in [1.29, 1.82) is 0 Å². The number of rotatable bonds is 3. The third-order valence-electron chi connectivity index (χ3n) is 3.35. The van der Waals surface area contributed by atoms with Crippen molar-refractivity contribution >= 4 is 49.8 Å². The van der Waals surface area contributed by atoms with Gasteiger partial charge in [-0.1, -0.05) is 29.0 Å². The Bertz CT molecular complexity index is 990. The van der Waals surface area contributed by atoms with E-state index in [1.807, 2.05) is 47.1 Å². The highest BCUT2D eigenvalue weighted by atomic mass is 35.5. The molecular weight excluding hydrogens is 332 g/mol. The molecule has 4 aromatic rings. The first-order chi connectivity index (χ1) is 11.2. The number of hydrogen-bond acceptors (Lipinski definition) is 4.